The van der Waals surface area contributed by atoms with Crippen molar-refractivity contribution in [3.05, 3.63) is 160 Å². The molecule has 6 heterocycles. The van der Waals surface area contributed by atoms with Crippen molar-refractivity contribution in [3.8, 4) is 11.6 Å². The van der Waals surface area contributed by atoms with E-state index in [1.54, 1.807) is 22.8 Å². The summed E-state index contributed by atoms with van der Waals surface area (Å²) in [5.41, 5.74) is 5.21. The summed E-state index contributed by atoms with van der Waals surface area (Å²) in [6, 6.07) is 37.0. The minimum Gasteiger partial charge on any atom is -0.494 e. The molecule has 2 aromatic heterocycles. The number of fused-ring (bicyclic) bond motifs is 10. The maximum absolute atomic E-state index is 14.6. The summed E-state index contributed by atoms with van der Waals surface area (Å²) in [5, 5.41) is 15.2. The molecule has 0 aliphatic carbocycles. The maximum Gasteiger partial charge on any atom is 0.266 e. The molecular formula is C48H40N6O5. The van der Waals surface area contributed by atoms with E-state index in [0.29, 0.717) is 69.4 Å². The predicted molar refractivity (Wildman–Crippen MR) is 227 cm³/mol. The number of hydrogen-bond acceptors (Lipinski definition) is 8. The van der Waals surface area contributed by atoms with Crippen molar-refractivity contribution in [1.29, 1.82) is 0 Å². The number of Topliss-reactive ketones (excluding diaryl/α,β-unsaturated/α-hetero) is 1. The number of imide groups is 1. The van der Waals surface area contributed by atoms with Crippen LogP contribution in [0.3, 0.4) is 0 Å². The normalized spacial score (nSPS) is 21.2. The zero-order chi connectivity index (χ0) is 40.7. The molecule has 292 valence electrons. The third-order valence-electron chi connectivity index (χ3n) is 12.2. The number of amides is 2. The van der Waals surface area contributed by atoms with Gasteiger partial charge >= 0.3 is 0 Å². The Morgan fingerprint density at radius 2 is 1.46 bits per heavy atom. The molecule has 0 bridgehead atoms. The minimum atomic E-state index is -1.10. The lowest BCUT2D eigenvalue weighted by atomic mass is 9.75. The van der Waals surface area contributed by atoms with Crippen LogP contribution in [0.5, 0.6) is 5.88 Å². The van der Waals surface area contributed by atoms with Crippen molar-refractivity contribution >= 4 is 56.5 Å². The van der Waals surface area contributed by atoms with Gasteiger partial charge in [0, 0.05) is 28.1 Å². The topological polar surface area (TPSA) is 150 Å². The average molecular weight is 781 g/mol. The van der Waals surface area contributed by atoms with Crippen molar-refractivity contribution in [2.45, 2.75) is 45.2 Å². The van der Waals surface area contributed by atoms with Crippen molar-refractivity contribution < 1.29 is 19.5 Å². The Morgan fingerprint density at radius 1 is 0.780 bits per heavy atom. The number of para-hydroxylation sites is 5. The fourth-order valence-electron chi connectivity index (χ4n) is 9.79. The van der Waals surface area contributed by atoms with E-state index in [-0.39, 0.29) is 35.1 Å². The van der Waals surface area contributed by atoms with Gasteiger partial charge in [0.05, 0.1) is 45.4 Å². The molecule has 2 amide bonds. The number of aromatic nitrogens is 3. The molecule has 2 unspecified atom stereocenters. The number of benzene rings is 5. The quantitative estimate of drug-likeness (QED) is 0.153. The van der Waals surface area contributed by atoms with Crippen LogP contribution < -0.4 is 15.8 Å². The van der Waals surface area contributed by atoms with Crippen LogP contribution in [0.2, 0.25) is 0 Å². The van der Waals surface area contributed by atoms with Crippen LogP contribution >= 0.6 is 0 Å². The first-order valence-electron chi connectivity index (χ1n) is 20.0. The zero-order valence-electron chi connectivity index (χ0n) is 32.6. The summed E-state index contributed by atoms with van der Waals surface area (Å²) in [4.78, 5) is 68.9. The molecule has 11 nitrogen and oxygen atoms in total. The van der Waals surface area contributed by atoms with Crippen molar-refractivity contribution in [1.82, 2.24) is 19.9 Å². The van der Waals surface area contributed by atoms with Gasteiger partial charge in [0.25, 0.3) is 5.56 Å². The molecule has 1 spiro atoms. The van der Waals surface area contributed by atoms with Gasteiger partial charge in [0.1, 0.15) is 17.1 Å². The van der Waals surface area contributed by atoms with Crippen LogP contribution in [0.25, 0.3) is 27.5 Å². The van der Waals surface area contributed by atoms with Crippen LogP contribution in [-0.4, -0.2) is 49.0 Å². The molecular weight excluding hydrogens is 741 g/mol. The minimum absolute atomic E-state index is 0.0221. The van der Waals surface area contributed by atoms with Gasteiger partial charge in [-0.15, -0.1) is 0 Å². The second kappa shape index (κ2) is 13.6. The molecule has 3 N–H and O–H groups in total. The Balaban J connectivity index is 0.000000176. The van der Waals surface area contributed by atoms with Crippen molar-refractivity contribution in [3.63, 3.8) is 0 Å². The Bertz CT molecular complexity index is 3020. The number of nitrogens with one attached hydrogen (secondary N) is 2. The van der Waals surface area contributed by atoms with E-state index in [4.69, 9.17) is 4.98 Å². The first kappa shape index (κ1) is 36.4. The highest BCUT2D eigenvalue weighted by Gasteiger charge is 2.69. The predicted octanol–water partition coefficient (Wildman–Crippen LogP) is 7.52. The molecule has 11 heteroatoms. The Hall–Kier alpha value is -6.98. The number of carbonyl (C=O) groups excluding carboxylic acids is 3. The molecule has 2 fully saturated rings. The van der Waals surface area contributed by atoms with E-state index in [1.807, 2.05) is 110 Å². The van der Waals surface area contributed by atoms with E-state index in [9.17, 15) is 24.3 Å². The number of ketones is 1. The summed E-state index contributed by atoms with van der Waals surface area (Å²) in [6.45, 7) is 6.28. The lowest BCUT2D eigenvalue weighted by Gasteiger charge is -2.32. The maximum atomic E-state index is 14.6. The number of nitrogens with zero attached hydrogens (tertiary/aromatic N) is 4. The molecule has 7 aromatic rings. The van der Waals surface area contributed by atoms with Gasteiger partial charge in [-0.25, -0.2) is 14.9 Å². The highest BCUT2D eigenvalue weighted by atomic mass is 16.3. The summed E-state index contributed by atoms with van der Waals surface area (Å²) < 4.78 is 1.65. The lowest BCUT2D eigenvalue weighted by molar-refractivity contribution is -0.123. The number of anilines is 1. The molecule has 2 saturated heterocycles. The number of aliphatic imine (C=N–C) groups is 1. The third kappa shape index (κ3) is 5.24. The number of aromatic hydroxyl groups is 1. The number of aryl methyl sites for hydroxylation is 1. The molecule has 4 aliphatic rings. The van der Waals surface area contributed by atoms with Crippen LogP contribution in [0.4, 0.5) is 11.4 Å². The first-order valence-corrected chi connectivity index (χ1v) is 20.0. The smallest absolute Gasteiger partial charge is 0.266 e. The van der Waals surface area contributed by atoms with E-state index in [2.05, 4.69) is 29.1 Å². The fraction of sp³-hybridized carbons (Fsp3) is 0.208. The largest absolute Gasteiger partial charge is 0.494 e. The SMILES string of the molecule is CCc1ccccc1N1C(=O)[C@H]2C(CC(C)C)NC3(c4ccccc4-n4c3nc3ccccc3c4=O)[C@H]2C1=O.O=C1C(c2c(O)[nH]c3ccccc23)=Nc2ccccc21. The molecule has 11 rings (SSSR count). The summed E-state index contributed by atoms with van der Waals surface area (Å²) >= 11 is 0. The summed E-state index contributed by atoms with van der Waals surface area (Å²) in [7, 11) is 0. The van der Waals surface area contributed by atoms with Crippen molar-refractivity contribution in [2.24, 2.45) is 22.7 Å². The van der Waals surface area contributed by atoms with E-state index in [1.165, 1.54) is 4.90 Å². The number of rotatable bonds is 5. The fourth-order valence-corrected chi connectivity index (χ4v) is 9.79. The molecule has 5 aromatic carbocycles. The molecule has 4 atom stereocenters. The molecule has 0 saturated carbocycles. The number of aromatic amines is 1. The first-order chi connectivity index (χ1) is 28.6. The van der Waals surface area contributed by atoms with Crippen molar-refractivity contribution in [2.75, 3.05) is 4.90 Å². The van der Waals surface area contributed by atoms with E-state index >= 15 is 0 Å². The van der Waals surface area contributed by atoms with Crippen LogP contribution in [0.15, 0.2) is 131 Å². The zero-order valence-corrected chi connectivity index (χ0v) is 32.6. The Morgan fingerprint density at radius 3 is 2.24 bits per heavy atom. The second-order valence-electron chi connectivity index (χ2n) is 16.0. The Kier molecular flexibility index (Phi) is 8.36. The number of carbonyl (C=O) groups is 3. The van der Waals surface area contributed by atoms with Gasteiger partial charge in [-0.1, -0.05) is 99.6 Å². The standard InChI is InChI=1S/C32H30N4O3.C16H10N2O2/c1-4-19-11-5-9-15-24(19)35-29(38)26-23(17-18(2)3)34-32(27(26)30(35)39)21-13-7-10-16-25(21)36-28(37)20-12-6-8-14-22(20)33-31(32)36;19-15-10-6-2-4-8-12(10)17-14(15)13-9-5-1-3-7-11(9)18-16(13)20/h5-16,18,23,26-27,34H,4,17H2,1-3H3;1-8,18,20H/t23?,26-,27+,32?;/m0./s1. The van der Waals surface area contributed by atoms with Crippen LogP contribution in [0.1, 0.15) is 60.1 Å². The van der Waals surface area contributed by atoms with E-state index < -0.39 is 17.4 Å². The van der Waals surface area contributed by atoms with E-state index in [0.717, 1.165) is 22.0 Å². The Labute approximate surface area is 339 Å². The number of hydrogen-bond donors (Lipinski definition) is 3. The van der Waals surface area contributed by atoms with Gasteiger partial charge in [0.15, 0.2) is 5.88 Å². The average Bonchev–Trinajstić information content (AvgIpc) is 4.00. The molecule has 4 aliphatic heterocycles. The molecule has 59 heavy (non-hydrogen) atoms. The number of H-pyrrole nitrogens is 1. The third-order valence-corrected chi connectivity index (χ3v) is 12.2. The van der Waals surface area contributed by atoms with Gasteiger partial charge in [-0.3, -0.25) is 29.1 Å². The lowest BCUT2D eigenvalue weighted by Crippen LogP contribution is -2.50. The van der Waals surface area contributed by atoms with Crippen LogP contribution in [-0.2, 0) is 21.5 Å². The van der Waals surface area contributed by atoms with Crippen LogP contribution in [0, 0.1) is 17.8 Å². The highest BCUT2D eigenvalue weighted by Crippen LogP contribution is 2.56. The second-order valence-corrected chi connectivity index (χ2v) is 16.0. The van der Waals surface area contributed by atoms with Gasteiger partial charge in [0.2, 0.25) is 17.6 Å². The summed E-state index contributed by atoms with van der Waals surface area (Å²) in [5.74, 6) is -1.13. The summed E-state index contributed by atoms with van der Waals surface area (Å²) in [6.07, 6.45) is 1.42. The monoisotopic (exact) mass is 780 g/mol. The van der Waals surface area contributed by atoms with Gasteiger partial charge in [-0.2, -0.15) is 0 Å². The van der Waals surface area contributed by atoms with Gasteiger partial charge < -0.3 is 10.1 Å². The van der Waals surface area contributed by atoms with Gasteiger partial charge in [-0.05, 0) is 66.8 Å². The molecule has 0 radical (unpaired) electrons. The highest BCUT2D eigenvalue weighted by molar-refractivity contribution is 6.56.